The predicted octanol–water partition coefficient (Wildman–Crippen LogP) is 4.96. The fraction of sp³-hybridized carbons (Fsp3) is 0.308. The number of ether oxygens (including phenoxy) is 1. The number of anilines is 2. The number of carboxylic acid groups (broad SMARTS) is 1. The second-order valence-corrected chi connectivity index (χ2v) is 11.0. The van der Waals surface area contributed by atoms with E-state index in [2.05, 4.69) is 9.71 Å². The minimum absolute atomic E-state index is 0.262. The van der Waals surface area contributed by atoms with Crippen molar-refractivity contribution in [2.45, 2.75) is 38.6 Å². The summed E-state index contributed by atoms with van der Waals surface area (Å²) < 4.78 is 69.7. The number of aromatic nitrogens is 1. The third-order valence-electron chi connectivity index (χ3n) is 5.51. The molecule has 38 heavy (non-hydrogen) atoms. The van der Waals surface area contributed by atoms with E-state index in [1.807, 2.05) is 4.90 Å². The number of aliphatic carboxylic acids is 1. The molecule has 0 aliphatic heterocycles. The van der Waals surface area contributed by atoms with Gasteiger partial charge in [0.25, 0.3) is 0 Å². The van der Waals surface area contributed by atoms with Crippen molar-refractivity contribution in [1.82, 2.24) is 4.98 Å². The first-order chi connectivity index (χ1) is 17.6. The molecule has 0 amide bonds. The first-order valence-corrected chi connectivity index (χ1v) is 13.4. The second kappa shape index (κ2) is 11.3. The Morgan fingerprint density at radius 1 is 1.00 bits per heavy atom. The predicted molar refractivity (Wildman–Crippen MR) is 138 cm³/mol. The summed E-state index contributed by atoms with van der Waals surface area (Å²) >= 11 is 0. The number of nitrogens with one attached hydrogen (secondary N) is 1. The number of alkyl halides is 3. The number of carboxylic acids is 1. The van der Waals surface area contributed by atoms with Gasteiger partial charge in [0.05, 0.1) is 23.7 Å². The highest BCUT2D eigenvalue weighted by Crippen LogP contribution is 2.29. The molecule has 2 N–H and O–H groups in total. The van der Waals surface area contributed by atoms with Crippen LogP contribution in [0, 0.1) is 0 Å². The van der Waals surface area contributed by atoms with Crippen LogP contribution in [0.1, 0.15) is 30.5 Å². The van der Waals surface area contributed by atoms with E-state index in [1.165, 1.54) is 32.2 Å². The Labute approximate surface area is 219 Å². The standard InChI is InChI=1S/C26H28F3N3O5S/c1-25(2,24(33)34)37-22-11-6-18(7-12-22)14-15-32(17-19-4-8-20(9-5-19)26(27,28)29)23-13-10-21(16-30-23)31-38(3,35)36/h4-13,16,31H,14-15,17H2,1-3H3,(H,33,34). The highest BCUT2D eigenvalue weighted by atomic mass is 32.2. The van der Waals surface area contributed by atoms with Gasteiger partial charge < -0.3 is 14.7 Å². The molecule has 0 spiro atoms. The number of sulfonamides is 1. The molecule has 2 aromatic carbocycles. The summed E-state index contributed by atoms with van der Waals surface area (Å²) in [7, 11) is -3.48. The summed E-state index contributed by atoms with van der Waals surface area (Å²) in [5.74, 6) is -0.184. The number of hydrogen-bond acceptors (Lipinski definition) is 6. The fourth-order valence-electron chi connectivity index (χ4n) is 3.47. The van der Waals surface area contributed by atoms with E-state index < -0.39 is 33.3 Å². The van der Waals surface area contributed by atoms with E-state index in [4.69, 9.17) is 4.74 Å². The maximum Gasteiger partial charge on any atom is 0.416 e. The summed E-state index contributed by atoms with van der Waals surface area (Å²) in [5.41, 5.74) is -0.291. The van der Waals surface area contributed by atoms with Gasteiger partial charge in [-0.05, 0) is 67.8 Å². The Bertz CT molecular complexity index is 1340. The molecule has 0 aliphatic carbocycles. The van der Waals surface area contributed by atoms with Crippen LogP contribution < -0.4 is 14.4 Å². The number of pyridine rings is 1. The van der Waals surface area contributed by atoms with Crippen LogP contribution in [0.5, 0.6) is 5.75 Å². The minimum atomic E-state index is -4.43. The van der Waals surface area contributed by atoms with Crippen molar-refractivity contribution in [3.8, 4) is 5.75 Å². The molecule has 1 heterocycles. The van der Waals surface area contributed by atoms with Crippen molar-refractivity contribution >= 4 is 27.5 Å². The van der Waals surface area contributed by atoms with Gasteiger partial charge in [-0.3, -0.25) is 4.72 Å². The second-order valence-electron chi connectivity index (χ2n) is 9.21. The molecule has 12 heteroatoms. The number of hydrogen-bond donors (Lipinski definition) is 2. The van der Waals surface area contributed by atoms with Gasteiger partial charge in [-0.15, -0.1) is 0 Å². The molecule has 3 rings (SSSR count). The zero-order chi connectivity index (χ0) is 28.1. The largest absolute Gasteiger partial charge is 0.478 e. The normalized spacial score (nSPS) is 12.2. The number of nitrogens with zero attached hydrogens (tertiary/aromatic N) is 2. The first kappa shape index (κ1) is 28.8. The molecule has 8 nitrogen and oxygen atoms in total. The number of carbonyl (C=O) groups is 1. The van der Waals surface area contributed by atoms with Gasteiger partial charge in [0.2, 0.25) is 10.0 Å². The fourth-order valence-corrected chi connectivity index (χ4v) is 4.02. The maximum atomic E-state index is 13.0. The van der Waals surface area contributed by atoms with Gasteiger partial charge in [0.1, 0.15) is 11.6 Å². The van der Waals surface area contributed by atoms with Gasteiger partial charge in [-0.25, -0.2) is 18.2 Å². The van der Waals surface area contributed by atoms with Crippen molar-refractivity contribution in [2.24, 2.45) is 0 Å². The monoisotopic (exact) mass is 551 g/mol. The van der Waals surface area contributed by atoms with Gasteiger partial charge in [-0.1, -0.05) is 24.3 Å². The minimum Gasteiger partial charge on any atom is -0.478 e. The molecule has 0 aliphatic rings. The number of rotatable bonds is 11. The van der Waals surface area contributed by atoms with Crippen LogP contribution in [0.3, 0.4) is 0 Å². The van der Waals surface area contributed by atoms with Gasteiger partial charge >= 0.3 is 12.1 Å². The van der Waals surface area contributed by atoms with Gasteiger partial charge in [0, 0.05) is 13.1 Å². The molecule has 0 bridgehead atoms. The summed E-state index contributed by atoms with van der Waals surface area (Å²) in [6.45, 7) is 3.60. The Morgan fingerprint density at radius 3 is 2.11 bits per heavy atom. The van der Waals surface area contributed by atoms with E-state index in [9.17, 15) is 31.5 Å². The molecule has 0 fully saturated rings. The third-order valence-corrected chi connectivity index (χ3v) is 6.12. The van der Waals surface area contributed by atoms with Crippen LogP contribution in [0.4, 0.5) is 24.7 Å². The third kappa shape index (κ3) is 8.37. The zero-order valence-electron chi connectivity index (χ0n) is 21.0. The zero-order valence-corrected chi connectivity index (χ0v) is 21.8. The van der Waals surface area contributed by atoms with Gasteiger partial charge in [-0.2, -0.15) is 13.2 Å². The summed E-state index contributed by atoms with van der Waals surface area (Å²) in [5, 5.41) is 9.23. The molecule has 0 atom stereocenters. The lowest BCUT2D eigenvalue weighted by atomic mass is 10.1. The van der Waals surface area contributed by atoms with E-state index in [-0.39, 0.29) is 12.2 Å². The molecule has 3 aromatic rings. The molecule has 204 valence electrons. The molecule has 0 radical (unpaired) electrons. The summed E-state index contributed by atoms with van der Waals surface area (Å²) in [6, 6.07) is 15.0. The SMILES string of the molecule is CC(C)(Oc1ccc(CCN(Cc2ccc(C(F)(F)F)cc2)c2ccc(NS(C)(=O)=O)cn2)cc1)C(=O)O. The van der Waals surface area contributed by atoms with E-state index in [0.717, 1.165) is 24.0 Å². The van der Waals surface area contributed by atoms with E-state index >= 15 is 0 Å². The lowest BCUT2D eigenvalue weighted by molar-refractivity contribution is -0.152. The van der Waals surface area contributed by atoms with Crippen molar-refractivity contribution in [3.05, 3.63) is 83.6 Å². The number of benzene rings is 2. The quantitative estimate of drug-likeness (QED) is 0.347. The average molecular weight is 552 g/mol. The summed E-state index contributed by atoms with van der Waals surface area (Å²) in [4.78, 5) is 17.5. The van der Waals surface area contributed by atoms with Gasteiger partial charge in [0.15, 0.2) is 5.60 Å². The summed E-state index contributed by atoms with van der Waals surface area (Å²) in [6.07, 6.45) is -1.50. The maximum absolute atomic E-state index is 13.0. The Balaban J connectivity index is 1.78. The molecular weight excluding hydrogens is 523 g/mol. The lowest BCUT2D eigenvalue weighted by Gasteiger charge is -2.25. The van der Waals surface area contributed by atoms with E-state index in [1.54, 1.807) is 36.4 Å². The van der Waals surface area contributed by atoms with Crippen LogP contribution in [-0.2, 0) is 34.0 Å². The van der Waals surface area contributed by atoms with Crippen LogP contribution >= 0.6 is 0 Å². The molecule has 0 unspecified atom stereocenters. The number of halogens is 3. The Kier molecular flexibility index (Phi) is 8.55. The average Bonchev–Trinajstić information content (AvgIpc) is 2.82. The Morgan fingerprint density at radius 2 is 1.61 bits per heavy atom. The molecule has 1 aromatic heterocycles. The topological polar surface area (TPSA) is 109 Å². The smallest absolute Gasteiger partial charge is 0.416 e. The van der Waals surface area contributed by atoms with Crippen molar-refractivity contribution in [1.29, 1.82) is 0 Å². The van der Waals surface area contributed by atoms with Crippen molar-refractivity contribution in [3.63, 3.8) is 0 Å². The highest BCUT2D eigenvalue weighted by Gasteiger charge is 2.30. The van der Waals surface area contributed by atoms with Crippen molar-refractivity contribution in [2.75, 3.05) is 22.4 Å². The first-order valence-electron chi connectivity index (χ1n) is 11.5. The van der Waals surface area contributed by atoms with Crippen LogP contribution in [0.25, 0.3) is 0 Å². The van der Waals surface area contributed by atoms with Crippen molar-refractivity contribution < 1.29 is 36.2 Å². The Hall–Kier alpha value is -3.80. The molecular formula is C26H28F3N3O5S. The van der Waals surface area contributed by atoms with Crippen LogP contribution in [0.15, 0.2) is 66.9 Å². The lowest BCUT2D eigenvalue weighted by Crippen LogP contribution is -2.37. The molecule has 0 saturated heterocycles. The van der Waals surface area contributed by atoms with Crippen LogP contribution in [0.2, 0.25) is 0 Å². The van der Waals surface area contributed by atoms with E-state index in [0.29, 0.717) is 30.1 Å². The highest BCUT2D eigenvalue weighted by molar-refractivity contribution is 7.92. The molecule has 0 saturated carbocycles. The van der Waals surface area contributed by atoms with Crippen LogP contribution in [-0.4, -0.2) is 42.9 Å².